The van der Waals surface area contributed by atoms with E-state index in [-0.39, 0.29) is 5.97 Å². The maximum absolute atomic E-state index is 11.2. The van der Waals surface area contributed by atoms with Crippen molar-refractivity contribution in [2.24, 2.45) is 0 Å². The number of aromatic amines is 1. The fourth-order valence-electron chi connectivity index (χ4n) is 1.31. The van der Waals surface area contributed by atoms with E-state index in [2.05, 4.69) is 4.98 Å². The Labute approximate surface area is 78.1 Å². The molecule has 0 bridgehead atoms. The number of esters is 1. The molecule has 0 saturated carbocycles. The second-order valence-electron chi connectivity index (χ2n) is 3.06. The molecule has 0 unspecified atom stereocenters. The van der Waals surface area contributed by atoms with Gasteiger partial charge >= 0.3 is 5.97 Å². The van der Waals surface area contributed by atoms with Gasteiger partial charge in [0, 0.05) is 11.9 Å². The standard InChI is InChI=1S/C10H15NO2/c1-4-13-10(12)5-9-7(2)6-11-8(9)3/h6,11H,4-5H2,1-3H3. The average molecular weight is 181 g/mol. The molecule has 1 rings (SSSR count). The molecule has 1 heterocycles. The molecule has 0 saturated heterocycles. The zero-order valence-electron chi connectivity index (χ0n) is 8.31. The molecule has 0 radical (unpaired) electrons. The van der Waals surface area contributed by atoms with Gasteiger partial charge in [-0.15, -0.1) is 0 Å². The lowest BCUT2D eigenvalue weighted by atomic mass is 10.1. The largest absolute Gasteiger partial charge is 0.466 e. The highest BCUT2D eigenvalue weighted by Gasteiger charge is 2.09. The van der Waals surface area contributed by atoms with Crippen molar-refractivity contribution in [2.45, 2.75) is 27.2 Å². The first-order valence-electron chi connectivity index (χ1n) is 4.44. The van der Waals surface area contributed by atoms with Gasteiger partial charge in [-0.25, -0.2) is 0 Å². The van der Waals surface area contributed by atoms with E-state index >= 15 is 0 Å². The lowest BCUT2D eigenvalue weighted by molar-refractivity contribution is -0.142. The molecule has 13 heavy (non-hydrogen) atoms. The number of carbonyl (C=O) groups excluding carboxylic acids is 1. The van der Waals surface area contributed by atoms with Gasteiger partial charge in [0.1, 0.15) is 0 Å². The summed E-state index contributed by atoms with van der Waals surface area (Å²) in [4.78, 5) is 14.3. The first-order valence-corrected chi connectivity index (χ1v) is 4.44. The molecular weight excluding hydrogens is 166 g/mol. The summed E-state index contributed by atoms with van der Waals surface area (Å²) in [6, 6.07) is 0. The zero-order valence-corrected chi connectivity index (χ0v) is 8.31. The average Bonchev–Trinajstić information content (AvgIpc) is 2.36. The van der Waals surface area contributed by atoms with Crippen molar-refractivity contribution in [2.75, 3.05) is 6.61 Å². The van der Waals surface area contributed by atoms with E-state index < -0.39 is 0 Å². The zero-order chi connectivity index (χ0) is 9.84. The number of aromatic nitrogens is 1. The highest BCUT2D eigenvalue weighted by atomic mass is 16.5. The van der Waals surface area contributed by atoms with Crippen LogP contribution in [0.2, 0.25) is 0 Å². The van der Waals surface area contributed by atoms with E-state index in [1.165, 1.54) is 0 Å². The number of ether oxygens (including phenoxy) is 1. The summed E-state index contributed by atoms with van der Waals surface area (Å²) in [7, 11) is 0. The van der Waals surface area contributed by atoms with Crippen LogP contribution in [-0.2, 0) is 16.0 Å². The van der Waals surface area contributed by atoms with E-state index in [9.17, 15) is 4.79 Å². The number of hydrogen-bond acceptors (Lipinski definition) is 2. The summed E-state index contributed by atoms with van der Waals surface area (Å²) in [6.45, 7) is 6.20. The molecule has 0 aliphatic carbocycles. The molecule has 3 heteroatoms. The summed E-state index contributed by atoms with van der Waals surface area (Å²) in [5, 5.41) is 0. The first-order chi connectivity index (χ1) is 6.15. The highest BCUT2D eigenvalue weighted by molar-refractivity contribution is 5.73. The molecule has 0 amide bonds. The van der Waals surface area contributed by atoms with E-state index in [0.29, 0.717) is 13.0 Å². The van der Waals surface area contributed by atoms with Crippen LogP contribution >= 0.6 is 0 Å². The minimum atomic E-state index is -0.159. The van der Waals surface area contributed by atoms with Crippen LogP contribution in [0.4, 0.5) is 0 Å². The predicted molar refractivity (Wildman–Crippen MR) is 50.6 cm³/mol. The number of nitrogens with one attached hydrogen (secondary N) is 1. The Morgan fingerprint density at radius 3 is 2.69 bits per heavy atom. The normalized spacial score (nSPS) is 10.1. The number of H-pyrrole nitrogens is 1. The van der Waals surface area contributed by atoms with Crippen molar-refractivity contribution in [3.8, 4) is 0 Å². The van der Waals surface area contributed by atoms with Crippen molar-refractivity contribution in [1.29, 1.82) is 0 Å². The first kappa shape index (κ1) is 9.84. The van der Waals surface area contributed by atoms with E-state index in [4.69, 9.17) is 4.74 Å². The van der Waals surface area contributed by atoms with Crippen LogP contribution in [0, 0.1) is 13.8 Å². The molecule has 0 aliphatic heterocycles. The topological polar surface area (TPSA) is 42.1 Å². The molecule has 1 aromatic rings. The maximum atomic E-state index is 11.2. The molecular formula is C10H15NO2. The molecule has 0 aliphatic rings. The highest BCUT2D eigenvalue weighted by Crippen LogP contribution is 2.13. The summed E-state index contributed by atoms with van der Waals surface area (Å²) >= 11 is 0. The van der Waals surface area contributed by atoms with Gasteiger partial charge in [0.25, 0.3) is 0 Å². The number of hydrogen-bond donors (Lipinski definition) is 1. The molecule has 1 N–H and O–H groups in total. The third-order valence-electron chi connectivity index (χ3n) is 2.06. The fourth-order valence-corrected chi connectivity index (χ4v) is 1.31. The molecule has 0 spiro atoms. The Morgan fingerprint density at radius 1 is 1.54 bits per heavy atom. The van der Waals surface area contributed by atoms with Gasteiger partial charge in [0.2, 0.25) is 0 Å². The lowest BCUT2D eigenvalue weighted by Gasteiger charge is -2.02. The summed E-state index contributed by atoms with van der Waals surface area (Å²) in [5.41, 5.74) is 3.22. The molecule has 0 fully saturated rings. The van der Waals surface area contributed by atoms with E-state index in [0.717, 1.165) is 16.8 Å². The van der Waals surface area contributed by atoms with E-state index in [1.807, 2.05) is 27.0 Å². The van der Waals surface area contributed by atoms with Crippen LogP contribution < -0.4 is 0 Å². The van der Waals surface area contributed by atoms with Crippen molar-refractivity contribution < 1.29 is 9.53 Å². The van der Waals surface area contributed by atoms with Crippen LogP contribution in [-0.4, -0.2) is 17.6 Å². The lowest BCUT2D eigenvalue weighted by Crippen LogP contribution is -2.08. The molecule has 0 aromatic carbocycles. The Kier molecular flexibility index (Phi) is 3.12. The van der Waals surface area contributed by atoms with Gasteiger partial charge in [-0.1, -0.05) is 0 Å². The maximum Gasteiger partial charge on any atom is 0.310 e. The predicted octanol–water partition coefficient (Wildman–Crippen LogP) is 1.74. The van der Waals surface area contributed by atoms with Crippen LogP contribution in [0.25, 0.3) is 0 Å². The smallest absolute Gasteiger partial charge is 0.310 e. The van der Waals surface area contributed by atoms with Crippen molar-refractivity contribution in [1.82, 2.24) is 4.98 Å². The molecule has 0 atom stereocenters. The number of carbonyl (C=O) groups is 1. The van der Waals surface area contributed by atoms with Gasteiger partial charge in [0.05, 0.1) is 13.0 Å². The van der Waals surface area contributed by atoms with Crippen molar-refractivity contribution >= 4 is 5.97 Å². The van der Waals surface area contributed by atoms with Gasteiger partial charge in [-0.2, -0.15) is 0 Å². The molecule has 72 valence electrons. The number of rotatable bonds is 3. The monoisotopic (exact) mass is 181 g/mol. The fraction of sp³-hybridized carbons (Fsp3) is 0.500. The Hall–Kier alpha value is -1.25. The summed E-state index contributed by atoms with van der Waals surface area (Å²) < 4.78 is 4.87. The SMILES string of the molecule is CCOC(=O)Cc1c(C)c[nH]c1C. The van der Waals surface area contributed by atoms with E-state index in [1.54, 1.807) is 0 Å². The Bertz CT molecular complexity index is 282. The second-order valence-corrected chi connectivity index (χ2v) is 3.06. The van der Waals surface area contributed by atoms with Gasteiger partial charge in [-0.05, 0) is 31.9 Å². The summed E-state index contributed by atoms with van der Waals surface area (Å²) in [5.74, 6) is -0.159. The van der Waals surface area contributed by atoms with Crippen molar-refractivity contribution in [3.05, 3.63) is 23.0 Å². The van der Waals surface area contributed by atoms with Crippen LogP contribution in [0.15, 0.2) is 6.20 Å². The minimum absolute atomic E-state index is 0.159. The Morgan fingerprint density at radius 2 is 2.23 bits per heavy atom. The quantitative estimate of drug-likeness (QED) is 0.722. The number of aryl methyl sites for hydroxylation is 2. The van der Waals surface area contributed by atoms with Crippen molar-refractivity contribution in [3.63, 3.8) is 0 Å². The molecule has 1 aromatic heterocycles. The third kappa shape index (κ3) is 2.34. The van der Waals surface area contributed by atoms with Gasteiger partial charge < -0.3 is 9.72 Å². The Balaban J connectivity index is 2.68. The van der Waals surface area contributed by atoms with Gasteiger partial charge in [-0.3, -0.25) is 4.79 Å². The second kappa shape index (κ2) is 4.12. The van der Waals surface area contributed by atoms with Crippen LogP contribution in [0.3, 0.4) is 0 Å². The molecule has 3 nitrogen and oxygen atoms in total. The summed E-state index contributed by atoms with van der Waals surface area (Å²) in [6.07, 6.45) is 2.28. The van der Waals surface area contributed by atoms with Crippen LogP contribution in [0.1, 0.15) is 23.7 Å². The van der Waals surface area contributed by atoms with Crippen LogP contribution in [0.5, 0.6) is 0 Å². The van der Waals surface area contributed by atoms with Gasteiger partial charge in [0.15, 0.2) is 0 Å². The minimum Gasteiger partial charge on any atom is -0.466 e. The third-order valence-corrected chi connectivity index (χ3v) is 2.06.